The van der Waals surface area contributed by atoms with E-state index in [1.165, 1.54) is 0 Å². The summed E-state index contributed by atoms with van der Waals surface area (Å²) in [6, 6.07) is 3.87. The second-order valence-electron chi connectivity index (χ2n) is 5.14. The minimum absolute atomic E-state index is 0.0763. The second-order valence-corrected chi connectivity index (χ2v) is 7.63. The fourth-order valence-corrected chi connectivity index (χ4v) is 4.01. The molecule has 2 rings (SSSR count). The molecule has 1 fully saturated rings. The van der Waals surface area contributed by atoms with Crippen LogP contribution in [0.4, 0.5) is 5.69 Å². The summed E-state index contributed by atoms with van der Waals surface area (Å²) in [4.78, 5) is 17.3. The number of hydrogen-bond donors (Lipinski definition) is 1. The van der Waals surface area contributed by atoms with Crippen LogP contribution in [0.15, 0.2) is 17.1 Å². The number of likely N-dealkylation sites (tertiary alicyclic amines) is 1. The Hall–Kier alpha value is -0.931. The Bertz CT molecular complexity index is 572. The molecule has 1 unspecified atom stereocenters. The van der Waals surface area contributed by atoms with Gasteiger partial charge in [-0.2, -0.15) is 0 Å². The van der Waals surface area contributed by atoms with Crippen molar-refractivity contribution in [2.75, 3.05) is 18.3 Å². The first kappa shape index (κ1) is 22.1. The van der Waals surface area contributed by atoms with Crippen LogP contribution in [0.2, 0.25) is 0 Å². The van der Waals surface area contributed by atoms with E-state index in [2.05, 4.69) is 17.9 Å². The molecule has 0 bridgehead atoms. The van der Waals surface area contributed by atoms with Crippen molar-refractivity contribution >= 4 is 52.8 Å². The molecular formula is C17H26N2O4SSn. The number of hydrogen-bond acceptors (Lipinski definition) is 6. The molecule has 8 heteroatoms. The van der Waals surface area contributed by atoms with Crippen molar-refractivity contribution in [3.63, 3.8) is 0 Å². The Balaban J connectivity index is 0.00000151. The number of ether oxygens (including phenoxy) is 1. The molecule has 1 aromatic rings. The summed E-state index contributed by atoms with van der Waals surface area (Å²) >= 11 is 2.58. The van der Waals surface area contributed by atoms with E-state index in [0.717, 1.165) is 37.0 Å². The quantitative estimate of drug-likeness (QED) is 0.158. The van der Waals surface area contributed by atoms with Crippen molar-refractivity contribution < 1.29 is 16.8 Å². The molecule has 0 N–H and O–H groups in total. The van der Waals surface area contributed by atoms with Gasteiger partial charge >= 0.3 is 153 Å². The fraction of sp³-hybridized carbons (Fsp3) is 0.529. The molecule has 0 aromatic heterocycles. The van der Waals surface area contributed by atoms with Gasteiger partial charge in [-0.15, -0.1) is 0 Å². The molecule has 1 atom stereocenters. The molecule has 1 aliphatic rings. The third-order valence-electron chi connectivity index (χ3n) is 3.65. The Kier molecular flexibility index (Phi) is 11.0. The van der Waals surface area contributed by atoms with E-state index in [1.807, 2.05) is 39.1 Å². The van der Waals surface area contributed by atoms with Crippen LogP contribution in [0.3, 0.4) is 0 Å². The van der Waals surface area contributed by atoms with Gasteiger partial charge in [0.1, 0.15) is 0 Å². The van der Waals surface area contributed by atoms with Crippen LogP contribution in [0.1, 0.15) is 32.3 Å². The van der Waals surface area contributed by atoms with Crippen molar-refractivity contribution in [2.24, 2.45) is 4.99 Å². The summed E-state index contributed by atoms with van der Waals surface area (Å²) in [5.74, 6) is 1.37. The first-order valence-electron chi connectivity index (χ1n) is 8.29. The maximum absolute atomic E-state index is 11.0. The van der Waals surface area contributed by atoms with Gasteiger partial charge in [0, 0.05) is 0 Å². The predicted molar refractivity (Wildman–Crippen MR) is 104 cm³/mol. The van der Waals surface area contributed by atoms with Crippen molar-refractivity contribution in [3.8, 4) is 11.5 Å². The number of benzene rings is 1. The molecule has 0 saturated carbocycles. The van der Waals surface area contributed by atoms with Gasteiger partial charge < -0.3 is 0 Å². The third kappa shape index (κ3) is 6.71. The third-order valence-corrected chi connectivity index (χ3v) is 6.26. The Labute approximate surface area is 166 Å². The number of methoxy groups -OCH3 is 1. The molecule has 1 heterocycles. The van der Waals surface area contributed by atoms with Crippen molar-refractivity contribution in [1.29, 1.82) is 0 Å². The number of aliphatic imine (C=N–C) groups is 1. The van der Waals surface area contributed by atoms with Crippen LogP contribution in [0.25, 0.3) is 0 Å². The number of nitrogens with zero attached hydrogens (tertiary/aromatic N) is 2. The predicted octanol–water partition coefficient (Wildman–Crippen LogP) is 3.17. The number of carbonyl (C=O) groups is 1. The van der Waals surface area contributed by atoms with Gasteiger partial charge in [-0.1, -0.05) is 13.8 Å². The Morgan fingerprint density at radius 1 is 1.40 bits per heavy atom. The zero-order valence-corrected chi connectivity index (χ0v) is 18.9. The standard InChI is InChI=1S/C14H18N2O3.C2H6.CH3OS.Sn/c1-10-6-14(19-2)13(18)7-12(10)15-8-11-4-3-5-16(11)9-17;1-2;1-2-3;/h6-9,11,18H,3-5H2,1-2H3;1-2H3;3H,1H2;/q;;;+1/p-1. The molecule has 138 valence electrons. The van der Waals surface area contributed by atoms with E-state index >= 15 is 0 Å². The fourth-order valence-electron chi connectivity index (χ4n) is 2.43. The molecule has 1 aromatic carbocycles. The topological polar surface area (TPSA) is 60.4 Å². The van der Waals surface area contributed by atoms with Crippen LogP contribution in [0, 0.1) is 6.92 Å². The van der Waals surface area contributed by atoms with Crippen LogP contribution in [-0.4, -0.2) is 63.4 Å². The van der Waals surface area contributed by atoms with Crippen molar-refractivity contribution in [3.05, 3.63) is 17.7 Å². The molecule has 1 amide bonds. The molecule has 1 saturated heterocycles. The molecule has 6 nitrogen and oxygen atoms in total. The van der Waals surface area contributed by atoms with Gasteiger partial charge in [-0.05, 0) is 0 Å². The van der Waals surface area contributed by atoms with E-state index in [4.69, 9.17) is 12.0 Å². The van der Waals surface area contributed by atoms with Crippen molar-refractivity contribution in [2.45, 2.75) is 39.7 Å². The summed E-state index contributed by atoms with van der Waals surface area (Å²) < 4.78 is 16.5. The van der Waals surface area contributed by atoms with Crippen LogP contribution >= 0.6 is 12.9 Å². The van der Waals surface area contributed by atoms with Gasteiger partial charge in [-0.25, -0.2) is 0 Å². The average molecular weight is 473 g/mol. The molecular weight excluding hydrogens is 447 g/mol. The van der Waals surface area contributed by atoms with Gasteiger partial charge in [0.2, 0.25) is 0 Å². The van der Waals surface area contributed by atoms with Gasteiger partial charge in [-0.3, -0.25) is 0 Å². The number of carbonyl (C=O) groups excluding carboxylic acids is 1. The van der Waals surface area contributed by atoms with Gasteiger partial charge in [0.05, 0.1) is 0 Å². The monoisotopic (exact) mass is 474 g/mol. The van der Waals surface area contributed by atoms with E-state index in [1.54, 1.807) is 12.0 Å². The molecule has 1 aliphatic heterocycles. The Morgan fingerprint density at radius 2 is 2.16 bits per heavy atom. The number of rotatable bonds is 8. The summed E-state index contributed by atoms with van der Waals surface area (Å²) in [5.41, 5.74) is 1.82. The van der Waals surface area contributed by atoms with E-state index in [-0.39, 0.29) is 6.04 Å². The van der Waals surface area contributed by atoms with Crippen LogP contribution < -0.4 is 7.81 Å². The SMILES string of the molecule is CC.COc1cc(C)c(N=CC2CCCN2C=O)cc1[O][Sn][CH2]OS. The van der Waals surface area contributed by atoms with E-state index in [0.29, 0.717) is 16.1 Å². The van der Waals surface area contributed by atoms with Crippen LogP contribution in [-0.2, 0) is 8.98 Å². The summed E-state index contributed by atoms with van der Waals surface area (Å²) in [7, 11) is 1.62. The molecule has 25 heavy (non-hydrogen) atoms. The van der Waals surface area contributed by atoms with Gasteiger partial charge in [0.15, 0.2) is 0 Å². The van der Waals surface area contributed by atoms with Gasteiger partial charge in [0.25, 0.3) is 0 Å². The summed E-state index contributed by atoms with van der Waals surface area (Å²) in [5, 5.41) is 0. The Morgan fingerprint density at radius 3 is 2.80 bits per heavy atom. The van der Waals surface area contributed by atoms with E-state index < -0.39 is 21.6 Å². The molecule has 2 radical (unpaired) electrons. The normalized spacial score (nSPS) is 16.5. The van der Waals surface area contributed by atoms with Crippen LogP contribution in [0.5, 0.6) is 11.5 Å². The van der Waals surface area contributed by atoms with Crippen molar-refractivity contribution in [1.82, 2.24) is 4.90 Å². The first-order chi connectivity index (χ1) is 12.2. The number of aryl methyl sites for hydroxylation is 1. The molecule has 0 aliphatic carbocycles. The van der Waals surface area contributed by atoms with E-state index in [9.17, 15) is 4.79 Å². The molecule has 0 spiro atoms. The first-order valence-corrected chi connectivity index (χ1v) is 11.8. The second kappa shape index (κ2) is 12.4. The number of amides is 1. The zero-order valence-electron chi connectivity index (χ0n) is 15.2. The zero-order chi connectivity index (χ0) is 18.7. The maximum atomic E-state index is 11.0. The summed E-state index contributed by atoms with van der Waals surface area (Å²) in [6.45, 7) is 6.77. The average Bonchev–Trinajstić information content (AvgIpc) is 3.10. The minimum atomic E-state index is -1.15. The number of thiol groups is 1. The summed E-state index contributed by atoms with van der Waals surface area (Å²) in [6.07, 6.45) is 4.71.